The van der Waals surface area contributed by atoms with E-state index in [0.29, 0.717) is 12.2 Å². The lowest BCUT2D eigenvalue weighted by atomic mass is 10.5. The van der Waals surface area contributed by atoms with Gasteiger partial charge in [0.25, 0.3) is 0 Å². The van der Waals surface area contributed by atoms with E-state index in [1.807, 2.05) is 0 Å². The van der Waals surface area contributed by atoms with Crippen molar-refractivity contribution >= 4 is 11.5 Å². The van der Waals surface area contributed by atoms with Crippen LogP contribution >= 0.6 is 0 Å². The van der Waals surface area contributed by atoms with E-state index in [1.54, 1.807) is 23.0 Å². The van der Waals surface area contributed by atoms with Gasteiger partial charge in [0.2, 0.25) is 0 Å². The summed E-state index contributed by atoms with van der Waals surface area (Å²) in [5, 5.41) is 14.1. The third kappa shape index (κ3) is 1.33. The van der Waals surface area contributed by atoms with Gasteiger partial charge in [-0.2, -0.15) is 4.52 Å². The number of fused-ring (bicyclic) bond motifs is 1. The summed E-state index contributed by atoms with van der Waals surface area (Å²) in [6, 6.07) is 0. The Balaban J connectivity index is 2.42. The van der Waals surface area contributed by atoms with Crippen molar-refractivity contribution in [2.75, 3.05) is 11.9 Å². The summed E-state index contributed by atoms with van der Waals surface area (Å²) in [6.45, 7) is 4.25. The van der Waals surface area contributed by atoms with Gasteiger partial charge < -0.3 is 5.32 Å². The summed E-state index contributed by atoms with van der Waals surface area (Å²) in [5.41, 5.74) is 0.620. The molecule has 0 aliphatic carbocycles. The maximum absolute atomic E-state index is 3.98. The fourth-order valence-electron chi connectivity index (χ4n) is 0.973. The third-order valence-electron chi connectivity index (χ3n) is 1.54. The lowest BCUT2D eigenvalue weighted by Gasteiger charge is -2.02. The Morgan fingerprint density at radius 2 is 2.46 bits per heavy atom. The van der Waals surface area contributed by atoms with Gasteiger partial charge in [-0.25, -0.2) is 0 Å². The highest BCUT2D eigenvalue weighted by molar-refractivity contribution is 5.43. The van der Waals surface area contributed by atoms with Crippen LogP contribution in [0.25, 0.3) is 5.65 Å². The number of anilines is 1. The van der Waals surface area contributed by atoms with Gasteiger partial charge in [0.1, 0.15) is 0 Å². The molecule has 0 atom stereocenters. The normalized spacial score (nSPS) is 10.2. The van der Waals surface area contributed by atoms with E-state index in [9.17, 15) is 0 Å². The van der Waals surface area contributed by atoms with E-state index in [0.717, 1.165) is 5.82 Å². The van der Waals surface area contributed by atoms with Crippen LogP contribution in [-0.2, 0) is 0 Å². The van der Waals surface area contributed by atoms with Gasteiger partial charge in [-0.3, -0.25) is 4.98 Å². The molecule has 0 amide bonds. The molecule has 0 spiro atoms. The number of aromatic nitrogens is 5. The van der Waals surface area contributed by atoms with E-state index in [-0.39, 0.29) is 0 Å². The Bertz CT molecular complexity index is 420. The molecule has 6 heteroatoms. The van der Waals surface area contributed by atoms with Gasteiger partial charge >= 0.3 is 0 Å². The fraction of sp³-hybridized carbons (Fsp3) is 0.143. The molecule has 0 aliphatic heterocycles. The Hall–Kier alpha value is -1.98. The van der Waals surface area contributed by atoms with Crippen molar-refractivity contribution in [3.8, 4) is 0 Å². The predicted octanol–water partition coefficient (Wildman–Crippen LogP) is 0.117. The maximum Gasteiger partial charge on any atom is 0.199 e. The number of hydrogen-bond acceptors (Lipinski definition) is 5. The molecule has 0 aromatic carbocycles. The van der Waals surface area contributed by atoms with E-state index in [1.165, 1.54) is 0 Å². The summed E-state index contributed by atoms with van der Waals surface area (Å²) in [4.78, 5) is 3.98. The van der Waals surface area contributed by atoms with Crippen LogP contribution in [0.2, 0.25) is 0 Å². The van der Waals surface area contributed by atoms with Crippen molar-refractivity contribution in [1.29, 1.82) is 0 Å². The monoisotopic (exact) mass is 176 g/mol. The molecule has 13 heavy (non-hydrogen) atoms. The molecular formula is C7H8N6. The summed E-state index contributed by atoms with van der Waals surface area (Å²) in [7, 11) is 0. The minimum atomic E-state index is 0.620. The molecule has 0 radical (unpaired) electrons. The average molecular weight is 176 g/mol. The van der Waals surface area contributed by atoms with Crippen molar-refractivity contribution in [3.05, 3.63) is 25.0 Å². The standard InChI is InChI=1S/C7H8N6/c1-2-3-9-6-4-8-5-7-10-11-12-13(6)7/h2,4-5,9H,1,3H2. The van der Waals surface area contributed by atoms with Crippen molar-refractivity contribution < 1.29 is 0 Å². The smallest absolute Gasteiger partial charge is 0.199 e. The molecule has 0 unspecified atom stereocenters. The van der Waals surface area contributed by atoms with Crippen LogP contribution in [0.5, 0.6) is 0 Å². The first-order valence-corrected chi connectivity index (χ1v) is 3.78. The number of tetrazole rings is 1. The predicted molar refractivity (Wildman–Crippen MR) is 47.3 cm³/mol. The largest absolute Gasteiger partial charge is 0.365 e. The fourth-order valence-corrected chi connectivity index (χ4v) is 0.973. The Kier molecular flexibility index (Phi) is 1.87. The average Bonchev–Trinajstić information content (AvgIpc) is 2.62. The van der Waals surface area contributed by atoms with Gasteiger partial charge in [0.15, 0.2) is 11.5 Å². The van der Waals surface area contributed by atoms with Gasteiger partial charge in [-0.15, -0.1) is 11.7 Å². The third-order valence-corrected chi connectivity index (χ3v) is 1.54. The van der Waals surface area contributed by atoms with E-state index < -0.39 is 0 Å². The van der Waals surface area contributed by atoms with Crippen LogP contribution in [0.15, 0.2) is 25.0 Å². The lowest BCUT2D eigenvalue weighted by molar-refractivity contribution is 0.822. The second kappa shape index (κ2) is 3.18. The van der Waals surface area contributed by atoms with Crippen LogP contribution in [0, 0.1) is 0 Å². The van der Waals surface area contributed by atoms with Crippen LogP contribution in [0.3, 0.4) is 0 Å². The quantitative estimate of drug-likeness (QED) is 0.672. The number of rotatable bonds is 3. The summed E-state index contributed by atoms with van der Waals surface area (Å²) in [5.74, 6) is 0.752. The van der Waals surface area contributed by atoms with Crippen molar-refractivity contribution in [2.24, 2.45) is 0 Å². The molecule has 2 aromatic heterocycles. The zero-order valence-electron chi connectivity index (χ0n) is 6.88. The van der Waals surface area contributed by atoms with Gasteiger partial charge in [-0.1, -0.05) is 6.08 Å². The summed E-state index contributed by atoms with van der Waals surface area (Å²) < 4.78 is 1.58. The van der Waals surface area contributed by atoms with Crippen molar-refractivity contribution in [1.82, 2.24) is 25.0 Å². The molecule has 66 valence electrons. The van der Waals surface area contributed by atoms with Crippen molar-refractivity contribution in [3.63, 3.8) is 0 Å². The molecule has 0 saturated heterocycles. The first kappa shape index (κ1) is 7.66. The molecule has 2 rings (SSSR count). The minimum absolute atomic E-state index is 0.620. The van der Waals surface area contributed by atoms with Gasteiger partial charge in [0.05, 0.1) is 12.4 Å². The lowest BCUT2D eigenvalue weighted by Crippen LogP contribution is -2.05. The zero-order chi connectivity index (χ0) is 9.10. The SMILES string of the molecule is C=CCNc1cncc2nnnn12. The molecule has 6 nitrogen and oxygen atoms in total. The maximum atomic E-state index is 3.98. The van der Waals surface area contributed by atoms with E-state index in [2.05, 4.69) is 32.4 Å². The van der Waals surface area contributed by atoms with E-state index >= 15 is 0 Å². The molecule has 2 aromatic rings. The highest BCUT2D eigenvalue weighted by Crippen LogP contribution is 2.04. The Morgan fingerprint density at radius 1 is 1.54 bits per heavy atom. The Morgan fingerprint density at radius 3 is 3.31 bits per heavy atom. The Labute approximate surface area is 74.3 Å². The molecule has 0 bridgehead atoms. The van der Waals surface area contributed by atoms with Crippen LogP contribution in [0.4, 0.5) is 5.82 Å². The van der Waals surface area contributed by atoms with E-state index in [4.69, 9.17) is 0 Å². The second-order valence-corrected chi connectivity index (χ2v) is 2.41. The summed E-state index contributed by atoms with van der Waals surface area (Å²) in [6.07, 6.45) is 5.01. The zero-order valence-corrected chi connectivity index (χ0v) is 6.88. The number of nitrogens with zero attached hydrogens (tertiary/aromatic N) is 5. The summed E-state index contributed by atoms with van der Waals surface area (Å²) >= 11 is 0. The van der Waals surface area contributed by atoms with Crippen LogP contribution in [-0.4, -0.2) is 31.6 Å². The first-order valence-electron chi connectivity index (χ1n) is 3.78. The minimum Gasteiger partial charge on any atom is -0.365 e. The first-order chi connectivity index (χ1) is 6.42. The highest BCUT2D eigenvalue weighted by atomic mass is 15.5. The molecule has 2 heterocycles. The van der Waals surface area contributed by atoms with Gasteiger partial charge in [-0.05, 0) is 10.4 Å². The highest BCUT2D eigenvalue weighted by Gasteiger charge is 2.01. The van der Waals surface area contributed by atoms with Gasteiger partial charge in [0, 0.05) is 6.54 Å². The molecular weight excluding hydrogens is 168 g/mol. The molecule has 0 fully saturated rings. The number of nitrogens with one attached hydrogen (secondary N) is 1. The molecule has 0 saturated carbocycles. The second-order valence-electron chi connectivity index (χ2n) is 2.41. The molecule has 1 N–H and O–H groups in total. The van der Waals surface area contributed by atoms with Crippen LogP contribution in [0.1, 0.15) is 0 Å². The van der Waals surface area contributed by atoms with Crippen LogP contribution < -0.4 is 5.32 Å². The molecule has 0 aliphatic rings. The van der Waals surface area contributed by atoms with Crippen molar-refractivity contribution in [2.45, 2.75) is 0 Å². The number of hydrogen-bond donors (Lipinski definition) is 1. The topological polar surface area (TPSA) is 68.0 Å².